The van der Waals surface area contributed by atoms with E-state index in [4.69, 9.17) is 9.47 Å². The summed E-state index contributed by atoms with van der Waals surface area (Å²) in [7, 11) is 0. The minimum absolute atomic E-state index is 0.0272. The first-order valence-corrected chi connectivity index (χ1v) is 9.03. The number of carbonyl (C=O) groups is 3. The van der Waals surface area contributed by atoms with Crippen molar-refractivity contribution in [2.24, 2.45) is 0 Å². The molecule has 2 aromatic rings. The maximum Gasteiger partial charge on any atom is 0.261 e. The fraction of sp³-hybridized carbons (Fsp3) is 0.286. The third kappa shape index (κ3) is 3.09. The van der Waals surface area contributed by atoms with Crippen molar-refractivity contribution < 1.29 is 23.9 Å². The van der Waals surface area contributed by atoms with Gasteiger partial charge in [-0.15, -0.1) is 0 Å². The summed E-state index contributed by atoms with van der Waals surface area (Å²) in [6, 6.07) is 12.2. The van der Waals surface area contributed by atoms with Gasteiger partial charge in [-0.05, 0) is 43.7 Å². The van der Waals surface area contributed by atoms with Crippen LogP contribution in [-0.4, -0.2) is 36.0 Å². The minimum atomic E-state index is -0.653. The Balaban J connectivity index is 1.39. The van der Waals surface area contributed by atoms with Crippen LogP contribution in [0.5, 0.6) is 11.5 Å². The van der Waals surface area contributed by atoms with Crippen molar-refractivity contribution in [1.29, 1.82) is 0 Å². The van der Waals surface area contributed by atoms with E-state index >= 15 is 0 Å². The first-order chi connectivity index (χ1) is 13.4. The van der Waals surface area contributed by atoms with Gasteiger partial charge in [-0.1, -0.05) is 18.2 Å². The lowest BCUT2D eigenvalue weighted by Gasteiger charge is -2.27. The van der Waals surface area contributed by atoms with Crippen LogP contribution in [0.1, 0.15) is 46.5 Å². The van der Waals surface area contributed by atoms with E-state index in [0.29, 0.717) is 22.6 Å². The van der Waals surface area contributed by atoms with Crippen molar-refractivity contribution in [3.8, 4) is 11.5 Å². The van der Waals surface area contributed by atoms with E-state index in [2.05, 4.69) is 5.32 Å². The zero-order valence-electron chi connectivity index (χ0n) is 15.7. The van der Waals surface area contributed by atoms with Crippen LogP contribution in [0.25, 0.3) is 0 Å². The molecule has 0 aromatic heterocycles. The highest BCUT2D eigenvalue weighted by atomic mass is 16.7. The topological polar surface area (TPSA) is 84.9 Å². The molecule has 0 saturated carbocycles. The van der Waals surface area contributed by atoms with Crippen LogP contribution in [0.4, 0.5) is 0 Å². The van der Waals surface area contributed by atoms with Crippen LogP contribution < -0.4 is 14.8 Å². The van der Waals surface area contributed by atoms with Crippen LogP contribution in [0.2, 0.25) is 0 Å². The van der Waals surface area contributed by atoms with Crippen LogP contribution in [0.15, 0.2) is 42.5 Å². The molecule has 3 amide bonds. The van der Waals surface area contributed by atoms with Crippen molar-refractivity contribution in [3.05, 3.63) is 59.2 Å². The average molecular weight is 380 g/mol. The van der Waals surface area contributed by atoms with Crippen LogP contribution in [0.3, 0.4) is 0 Å². The summed E-state index contributed by atoms with van der Waals surface area (Å²) >= 11 is 0. The molecule has 1 N–H and O–H groups in total. The Kier molecular flexibility index (Phi) is 4.30. The number of benzene rings is 2. The summed E-state index contributed by atoms with van der Waals surface area (Å²) < 4.78 is 10.7. The van der Waals surface area contributed by atoms with Crippen molar-refractivity contribution in [3.63, 3.8) is 0 Å². The van der Waals surface area contributed by atoms with Gasteiger partial charge in [0.15, 0.2) is 11.5 Å². The van der Waals surface area contributed by atoms with E-state index in [-0.39, 0.29) is 37.5 Å². The second-order valence-corrected chi connectivity index (χ2v) is 7.30. The van der Waals surface area contributed by atoms with Crippen molar-refractivity contribution in [1.82, 2.24) is 10.2 Å². The Morgan fingerprint density at radius 3 is 2.36 bits per heavy atom. The smallest absolute Gasteiger partial charge is 0.261 e. The third-order valence-electron chi connectivity index (χ3n) is 4.99. The monoisotopic (exact) mass is 380 g/mol. The number of ether oxygens (including phenoxy) is 2. The zero-order chi connectivity index (χ0) is 19.9. The van der Waals surface area contributed by atoms with E-state index < -0.39 is 5.54 Å². The average Bonchev–Trinajstić information content (AvgIpc) is 3.23. The number of amides is 3. The molecule has 7 heteroatoms. The zero-order valence-corrected chi connectivity index (χ0v) is 15.7. The Hall–Kier alpha value is -3.35. The number of nitrogens with zero attached hydrogens (tertiary/aromatic N) is 1. The van der Waals surface area contributed by atoms with Gasteiger partial charge in [0.2, 0.25) is 12.7 Å². The summed E-state index contributed by atoms with van der Waals surface area (Å²) in [4.78, 5) is 38.4. The second-order valence-electron chi connectivity index (χ2n) is 7.30. The molecule has 0 aliphatic carbocycles. The Morgan fingerprint density at radius 2 is 1.68 bits per heavy atom. The molecule has 2 aromatic carbocycles. The normalized spacial score (nSPS) is 15.0. The number of nitrogens with one attached hydrogen (secondary N) is 1. The molecule has 4 rings (SSSR count). The Labute approximate surface area is 162 Å². The summed E-state index contributed by atoms with van der Waals surface area (Å²) in [5.74, 6) is 0.355. The molecule has 0 bridgehead atoms. The van der Waals surface area contributed by atoms with Gasteiger partial charge in [-0.25, -0.2) is 0 Å². The number of fused-ring (bicyclic) bond motifs is 2. The highest BCUT2D eigenvalue weighted by molar-refractivity contribution is 6.21. The van der Waals surface area contributed by atoms with Gasteiger partial charge in [-0.2, -0.15) is 0 Å². The molecule has 28 heavy (non-hydrogen) atoms. The number of rotatable bonds is 5. The minimum Gasteiger partial charge on any atom is -0.454 e. The SMILES string of the molecule is CC(C)(NC(=O)CCN1C(=O)c2ccccc2C1=O)c1ccc2c(c1)OCO2. The van der Waals surface area contributed by atoms with Gasteiger partial charge in [0.25, 0.3) is 11.8 Å². The lowest BCUT2D eigenvalue weighted by molar-refractivity contribution is -0.122. The summed E-state index contributed by atoms with van der Waals surface area (Å²) in [5, 5.41) is 2.95. The number of hydrogen-bond donors (Lipinski definition) is 1. The van der Waals surface area contributed by atoms with Crippen LogP contribution in [-0.2, 0) is 10.3 Å². The largest absolute Gasteiger partial charge is 0.454 e. The van der Waals surface area contributed by atoms with Crippen LogP contribution >= 0.6 is 0 Å². The van der Waals surface area contributed by atoms with Gasteiger partial charge >= 0.3 is 0 Å². The lowest BCUT2D eigenvalue weighted by atomic mass is 9.93. The predicted molar refractivity (Wildman–Crippen MR) is 100 cm³/mol. The van der Waals surface area contributed by atoms with E-state index in [0.717, 1.165) is 10.5 Å². The molecule has 0 atom stereocenters. The van der Waals surface area contributed by atoms with Gasteiger partial charge in [0.1, 0.15) is 0 Å². The van der Waals surface area contributed by atoms with Gasteiger partial charge in [-0.3, -0.25) is 19.3 Å². The number of imide groups is 1. The summed E-state index contributed by atoms with van der Waals surface area (Å²) in [6.45, 7) is 3.98. The molecule has 144 valence electrons. The highest BCUT2D eigenvalue weighted by Gasteiger charge is 2.35. The molecule has 0 radical (unpaired) electrons. The first-order valence-electron chi connectivity index (χ1n) is 9.03. The molecule has 0 saturated heterocycles. The Morgan fingerprint density at radius 1 is 1.04 bits per heavy atom. The number of hydrogen-bond acceptors (Lipinski definition) is 5. The summed E-state index contributed by atoms with van der Waals surface area (Å²) in [6.07, 6.45) is 0.0272. The van der Waals surface area contributed by atoms with Gasteiger partial charge < -0.3 is 14.8 Å². The molecule has 0 fully saturated rings. The predicted octanol–water partition coefficient (Wildman–Crippen LogP) is 2.45. The second kappa shape index (κ2) is 6.67. The lowest BCUT2D eigenvalue weighted by Crippen LogP contribution is -2.42. The van der Waals surface area contributed by atoms with E-state index in [1.165, 1.54) is 0 Å². The van der Waals surface area contributed by atoms with Gasteiger partial charge in [0, 0.05) is 13.0 Å². The molecule has 2 aliphatic rings. The fourth-order valence-corrected chi connectivity index (χ4v) is 3.42. The maximum absolute atomic E-state index is 12.5. The standard InChI is InChI=1S/C21H20N2O5/c1-21(2,13-7-8-16-17(11-13)28-12-27-16)22-18(24)9-10-23-19(25)14-5-3-4-6-15(14)20(23)26/h3-8,11H,9-10,12H2,1-2H3,(H,22,24). The van der Waals surface area contributed by atoms with E-state index in [1.807, 2.05) is 32.0 Å². The maximum atomic E-state index is 12.5. The fourth-order valence-electron chi connectivity index (χ4n) is 3.42. The number of carbonyl (C=O) groups excluding carboxylic acids is 3. The molecule has 2 heterocycles. The Bertz CT molecular complexity index is 948. The van der Waals surface area contributed by atoms with Gasteiger partial charge in [0.05, 0.1) is 16.7 Å². The van der Waals surface area contributed by atoms with Crippen LogP contribution in [0, 0.1) is 0 Å². The summed E-state index contributed by atoms with van der Waals surface area (Å²) in [5.41, 5.74) is 0.980. The van der Waals surface area contributed by atoms with E-state index in [1.54, 1.807) is 24.3 Å². The first kappa shape index (κ1) is 18.0. The van der Waals surface area contributed by atoms with Crippen molar-refractivity contribution in [2.75, 3.05) is 13.3 Å². The van der Waals surface area contributed by atoms with Crippen molar-refractivity contribution >= 4 is 17.7 Å². The van der Waals surface area contributed by atoms with Crippen molar-refractivity contribution in [2.45, 2.75) is 25.8 Å². The molecular weight excluding hydrogens is 360 g/mol. The molecule has 2 aliphatic heterocycles. The molecular formula is C21H20N2O5. The molecule has 0 spiro atoms. The quantitative estimate of drug-likeness (QED) is 0.806. The molecule has 0 unspecified atom stereocenters. The molecule has 7 nitrogen and oxygen atoms in total. The third-order valence-corrected chi connectivity index (χ3v) is 4.99. The highest BCUT2D eigenvalue weighted by Crippen LogP contribution is 2.35. The van der Waals surface area contributed by atoms with E-state index in [9.17, 15) is 14.4 Å².